The lowest BCUT2D eigenvalue weighted by Gasteiger charge is -2.22. The molecule has 3 N–H and O–H groups in total. The number of hydrogen-bond donors (Lipinski definition) is 3. The van der Waals surface area contributed by atoms with Crippen molar-refractivity contribution < 1.29 is 14.7 Å². The number of aliphatic carboxylic acids is 1. The molecule has 0 radical (unpaired) electrons. The van der Waals surface area contributed by atoms with Gasteiger partial charge in [0.05, 0.1) is 0 Å². The zero-order valence-corrected chi connectivity index (χ0v) is 12.3. The minimum absolute atomic E-state index is 0.00864. The summed E-state index contributed by atoms with van der Waals surface area (Å²) in [5.41, 5.74) is 0. The summed E-state index contributed by atoms with van der Waals surface area (Å²) in [6, 6.07) is -0.179. The maximum Gasteiger partial charge on any atom is 0.314 e. The first kappa shape index (κ1) is 16.1. The second kappa shape index (κ2) is 9.07. The third-order valence-electron chi connectivity index (χ3n) is 3.48. The van der Waals surface area contributed by atoms with Gasteiger partial charge in [-0.25, -0.2) is 4.79 Å². The maximum atomic E-state index is 11.6. The lowest BCUT2D eigenvalue weighted by Crippen LogP contribution is -2.41. The lowest BCUT2D eigenvalue weighted by atomic mass is 10.0. The first-order valence-corrected chi connectivity index (χ1v) is 8.08. The Bertz CT molecular complexity index is 294. The van der Waals surface area contributed by atoms with Gasteiger partial charge in [-0.1, -0.05) is 13.3 Å². The van der Waals surface area contributed by atoms with E-state index in [4.69, 9.17) is 5.11 Å². The number of carboxylic acid groups (broad SMARTS) is 1. The Labute approximate surface area is 118 Å². The maximum absolute atomic E-state index is 11.6. The molecule has 1 aliphatic heterocycles. The van der Waals surface area contributed by atoms with Crippen molar-refractivity contribution >= 4 is 23.8 Å². The average Bonchev–Trinajstić information content (AvgIpc) is 2.42. The van der Waals surface area contributed by atoms with Crippen molar-refractivity contribution in [3.8, 4) is 0 Å². The Balaban J connectivity index is 2.13. The second-order valence-corrected chi connectivity index (χ2v) is 6.24. The quantitative estimate of drug-likeness (QED) is 0.669. The monoisotopic (exact) mass is 288 g/mol. The van der Waals surface area contributed by atoms with Crippen molar-refractivity contribution in [2.45, 2.75) is 32.6 Å². The largest absolute Gasteiger partial charge is 0.481 e. The minimum atomic E-state index is -0.811. The van der Waals surface area contributed by atoms with E-state index in [1.807, 2.05) is 18.7 Å². The standard InChI is InChI=1S/C13H24N2O3S/c1-2-10(7-12(16)17)8-14-13(18)15-9-11-3-5-19-6-4-11/h10-11H,2-9H2,1H3,(H,16,17)(H2,14,15,18). The van der Waals surface area contributed by atoms with Gasteiger partial charge >= 0.3 is 12.0 Å². The summed E-state index contributed by atoms with van der Waals surface area (Å²) in [7, 11) is 0. The van der Waals surface area contributed by atoms with Crippen LogP contribution in [0.5, 0.6) is 0 Å². The second-order valence-electron chi connectivity index (χ2n) is 5.02. The fourth-order valence-electron chi connectivity index (χ4n) is 2.09. The third-order valence-corrected chi connectivity index (χ3v) is 4.53. The van der Waals surface area contributed by atoms with Crippen LogP contribution in [0.2, 0.25) is 0 Å². The van der Waals surface area contributed by atoms with E-state index in [2.05, 4.69) is 10.6 Å². The van der Waals surface area contributed by atoms with E-state index in [-0.39, 0.29) is 18.4 Å². The number of nitrogens with one attached hydrogen (secondary N) is 2. The Morgan fingerprint density at radius 2 is 2.00 bits per heavy atom. The molecule has 1 rings (SSSR count). The average molecular weight is 288 g/mol. The van der Waals surface area contributed by atoms with Crippen molar-refractivity contribution in [1.82, 2.24) is 10.6 Å². The van der Waals surface area contributed by atoms with Crippen molar-refractivity contribution in [3.05, 3.63) is 0 Å². The van der Waals surface area contributed by atoms with Gasteiger partial charge in [-0.15, -0.1) is 0 Å². The van der Waals surface area contributed by atoms with Gasteiger partial charge < -0.3 is 15.7 Å². The molecule has 1 unspecified atom stereocenters. The van der Waals surface area contributed by atoms with Crippen LogP contribution in [0, 0.1) is 11.8 Å². The molecule has 6 heteroatoms. The zero-order chi connectivity index (χ0) is 14.1. The van der Waals surface area contributed by atoms with Crippen LogP contribution < -0.4 is 10.6 Å². The number of rotatable bonds is 7. The van der Waals surface area contributed by atoms with E-state index in [0.717, 1.165) is 13.0 Å². The van der Waals surface area contributed by atoms with Gasteiger partial charge in [-0.3, -0.25) is 4.79 Å². The van der Waals surface area contributed by atoms with Gasteiger partial charge in [-0.05, 0) is 36.2 Å². The molecule has 0 spiro atoms. The number of urea groups is 1. The Hall–Kier alpha value is -0.910. The molecular weight excluding hydrogens is 264 g/mol. The van der Waals surface area contributed by atoms with Gasteiger partial charge in [0.25, 0.3) is 0 Å². The molecule has 1 atom stereocenters. The number of carbonyl (C=O) groups is 2. The van der Waals surface area contributed by atoms with E-state index >= 15 is 0 Å². The first-order valence-electron chi connectivity index (χ1n) is 6.93. The summed E-state index contributed by atoms with van der Waals surface area (Å²) in [4.78, 5) is 22.2. The fourth-order valence-corrected chi connectivity index (χ4v) is 3.30. The van der Waals surface area contributed by atoms with Crippen molar-refractivity contribution in [1.29, 1.82) is 0 Å². The van der Waals surface area contributed by atoms with Crippen LogP contribution in [-0.4, -0.2) is 41.7 Å². The summed E-state index contributed by atoms with van der Waals surface area (Å²) in [5, 5.41) is 14.4. The highest BCUT2D eigenvalue weighted by Crippen LogP contribution is 2.21. The highest BCUT2D eigenvalue weighted by Gasteiger charge is 2.15. The highest BCUT2D eigenvalue weighted by atomic mass is 32.2. The van der Waals surface area contributed by atoms with Crippen LogP contribution in [0.15, 0.2) is 0 Å². The predicted octanol–water partition coefficient (Wildman–Crippen LogP) is 1.93. The number of carbonyl (C=O) groups excluding carboxylic acids is 1. The van der Waals surface area contributed by atoms with Gasteiger partial charge in [-0.2, -0.15) is 11.8 Å². The van der Waals surface area contributed by atoms with E-state index < -0.39 is 5.97 Å². The van der Waals surface area contributed by atoms with Crippen LogP contribution in [0.4, 0.5) is 4.79 Å². The first-order chi connectivity index (χ1) is 9.11. The molecular formula is C13H24N2O3S. The molecule has 0 aliphatic carbocycles. The van der Waals surface area contributed by atoms with Crippen molar-refractivity contribution in [2.75, 3.05) is 24.6 Å². The zero-order valence-electron chi connectivity index (χ0n) is 11.5. The minimum Gasteiger partial charge on any atom is -0.481 e. The van der Waals surface area contributed by atoms with E-state index in [1.165, 1.54) is 24.3 Å². The Morgan fingerprint density at radius 1 is 1.32 bits per heavy atom. The smallest absolute Gasteiger partial charge is 0.314 e. The van der Waals surface area contributed by atoms with Crippen molar-refractivity contribution in [2.24, 2.45) is 11.8 Å². The molecule has 1 saturated heterocycles. The fraction of sp³-hybridized carbons (Fsp3) is 0.846. The van der Waals surface area contributed by atoms with Gasteiger partial charge in [0.15, 0.2) is 0 Å². The van der Waals surface area contributed by atoms with E-state index in [9.17, 15) is 9.59 Å². The molecule has 1 aliphatic rings. The molecule has 0 bridgehead atoms. The number of thioether (sulfide) groups is 1. The van der Waals surface area contributed by atoms with Crippen LogP contribution in [0.25, 0.3) is 0 Å². The number of amides is 2. The molecule has 0 saturated carbocycles. The summed E-state index contributed by atoms with van der Waals surface area (Å²) in [6.07, 6.45) is 3.20. The van der Waals surface area contributed by atoms with Crippen molar-refractivity contribution in [3.63, 3.8) is 0 Å². The third kappa shape index (κ3) is 7.30. The Kier molecular flexibility index (Phi) is 7.70. The predicted molar refractivity (Wildman–Crippen MR) is 77.5 cm³/mol. The molecule has 1 heterocycles. The summed E-state index contributed by atoms with van der Waals surface area (Å²) >= 11 is 1.97. The van der Waals surface area contributed by atoms with Crippen LogP contribution >= 0.6 is 11.8 Å². The molecule has 110 valence electrons. The highest BCUT2D eigenvalue weighted by molar-refractivity contribution is 7.99. The van der Waals surface area contributed by atoms with Gasteiger partial charge in [0, 0.05) is 19.5 Å². The molecule has 19 heavy (non-hydrogen) atoms. The molecule has 0 aromatic carbocycles. The lowest BCUT2D eigenvalue weighted by molar-refractivity contribution is -0.138. The van der Waals surface area contributed by atoms with Gasteiger partial charge in [0.1, 0.15) is 0 Å². The van der Waals surface area contributed by atoms with E-state index in [1.54, 1.807) is 0 Å². The Morgan fingerprint density at radius 3 is 2.58 bits per heavy atom. The van der Waals surface area contributed by atoms with Gasteiger partial charge in [0.2, 0.25) is 0 Å². The van der Waals surface area contributed by atoms with E-state index in [0.29, 0.717) is 12.5 Å². The van der Waals surface area contributed by atoms with Crippen LogP contribution in [0.1, 0.15) is 32.6 Å². The summed E-state index contributed by atoms with van der Waals surface area (Å²) in [6.45, 7) is 3.09. The topological polar surface area (TPSA) is 78.4 Å². The molecule has 5 nitrogen and oxygen atoms in total. The normalized spacial score (nSPS) is 17.7. The summed E-state index contributed by atoms with van der Waals surface area (Å²) < 4.78 is 0. The molecule has 1 fully saturated rings. The number of carboxylic acids is 1. The molecule has 2 amide bonds. The SMILES string of the molecule is CCC(CNC(=O)NCC1CCSCC1)CC(=O)O. The van der Waals surface area contributed by atoms with Crippen LogP contribution in [0.3, 0.4) is 0 Å². The summed E-state index contributed by atoms with van der Waals surface area (Å²) in [5.74, 6) is 2.16. The molecule has 0 aromatic heterocycles. The number of hydrogen-bond acceptors (Lipinski definition) is 3. The molecule has 0 aromatic rings. The van der Waals surface area contributed by atoms with Crippen LogP contribution in [-0.2, 0) is 4.79 Å².